The highest BCUT2D eigenvalue weighted by Gasteiger charge is 2.12. The normalized spacial score (nSPS) is 10.6. The molecule has 2 aromatic rings. The van der Waals surface area contributed by atoms with Gasteiger partial charge in [-0.25, -0.2) is 4.68 Å². The fraction of sp³-hybridized carbons (Fsp3) is 0.182. The monoisotopic (exact) mass is 300 g/mol. The third kappa shape index (κ3) is 1.95. The summed E-state index contributed by atoms with van der Waals surface area (Å²) in [5.74, 6) is 0.218. The fourth-order valence-electron chi connectivity index (χ4n) is 1.52. The van der Waals surface area contributed by atoms with Gasteiger partial charge in [-0.05, 0) is 12.1 Å². The van der Waals surface area contributed by atoms with Gasteiger partial charge in [0.05, 0.1) is 22.8 Å². The lowest BCUT2D eigenvalue weighted by atomic mass is 10.3. The number of nitrogens with zero attached hydrogens (tertiary/aromatic N) is 1. The first kappa shape index (κ1) is 11.5. The van der Waals surface area contributed by atoms with Crippen molar-refractivity contribution in [1.82, 2.24) is 9.78 Å². The van der Waals surface area contributed by atoms with Crippen molar-refractivity contribution in [3.8, 4) is 5.69 Å². The zero-order valence-corrected chi connectivity index (χ0v) is 10.8. The number of alkyl halides is 2. The minimum Gasteiger partial charge on any atom is -0.294 e. The molecule has 0 aliphatic heterocycles. The summed E-state index contributed by atoms with van der Waals surface area (Å²) in [6.45, 7) is 0. The maximum atomic E-state index is 12.0. The number of nitrogens with one attached hydrogen (secondary N) is 1. The molecule has 0 aliphatic rings. The van der Waals surface area contributed by atoms with Crippen LogP contribution in [-0.4, -0.2) is 9.78 Å². The molecule has 0 amide bonds. The lowest BCUT2D eigenvalue weighted by molar-refractivity contribution is 0.833. The Bertz CT molecular complexity index is 533. The molecule has 1 heterocycles. The number of hydrogen-bond donors (Lipinski definition) is 1. The van der Waals surface area contributed by atoms with Gasteiger partial charge in [0.1, 0.15) is 0 Å². The molecule has 0 fully saturated rings. The van der Waals surface area contributed by atoms with E-state index in [9.17, 15) is 4.79 Å². The van der Waals surface area contributed by atoms with Crippen LogP contribution in [0.25, 0.3) is 5.69 Å². The summed E-state index contributed by atoms with van der Waals surface area (Å²) < 4.78 is 1.51. The Labute approximate surface area is 106 Å². The zero-order valence-electron chi connectivity index (χ0n) is 8.41. The number of rotatable bonds is 3. The summed E-state index contributed by atoms with van der Waals surface area (Å²) in [7, 11) is 0. The van der Waals surface area contributed by atoms with Gasteiger partial charge in [0.2, 0.25) is 0 Å². The van der Waals surface area contributed by atoms with Crippen LogP contribution in [0.1, 0.15) is 11.3 Å². The van der Waals surface area contributed by atoms with Crippen LogP contribution < -0.4 is 5.56 Å². The summed E-state index contributed by atoms with van der Waals surface area (Å²) in [5, 5.41) is 3.63. The van der Waals surface area contributed by atoms with Gasteiger partial charge in [0, 0.05) is 5.33 Å². The molecule has 0 saturated heterocycles. The van der Waals surface area contributed by atoms with Gasteiger partial charge in [-0.2, -0.15) is 0 Å². The molecule has 0 radical (unpaired) electrons. The summed E-state index contributed by atoms with van der Waals surface area (Å²) >= 11 is 9.09. The first-order chi connectivity index (χ1) is 7.77. The Hall–Kier alpha value is -1.00. The average molecular weight is 302 g/mol. The molecule has 0 bridgehead atoms. The molecular formula is C11H10BrClN2O. The molecule has 2 rings (SSSR count). The van der Waals surface area contributed by atoms with Gasteiger partial charge < -0.3 is 0 Å². The van der Waals surface area contributed by atoms with Crippen LogP contribution in [-0.2, 0) is 11.2 Å². The fourth-order valence-corrected chi connectivity index (χ4v) is 2.26. The van der Waals surface area contributed by atoms with E-state index < -0.39 is 0 Å². The molecule has 5 heteroatoms. The molecule has 0 spiro atoms. The van der Waals surface area contributed by atoms with Crippen LogP contribution in [0.3, 0.4) is 0 Å². The second-order valence-electron chi connectivity index (χ2n) is 3.31. The Morgan fingerprint density at radius 3 is 2.50 bits per heavy atom. The van der Waals surface area contributed by atoms with Gasteiger partial charge in [0.25, 0.3) is 5.56 Å². The van der Waals surface area contributed by atoms with E-state index in [0.29, 0.717) is 10.9 Å². The molecule has 1 N–H and O–H groups in total. The second-order valence-corrected chi connectivity index (χ2v) is 4.14. The zero-order chi connectivity index (χ0) is 11.5. The third-order valence-corrected chi connectivity index (χ3v) is 3.18. The number of H-pyrrole nitrogens is 1. The van der Waals surface area contributed by atoms with Crippen molar-refractivity contribution in [2.45, 2.75) is 11.2 Å². The molecule has 3 nitrogen and oxygen atoms in total. The van der Waals surface area contributed by atoms with Gasteiger partial charge in [-0.15, -0.1) is 11.6 Å². The minimum absolute atomic E-state index is 0.0874. The molecule has 0 saturated carbocycles. The van der Waals surface area contributed by atoms with E-state index in [1.807, 2.05) is 30.3 Å². The number of para-hydroxylation sites is 1. The van der Waals surface area contributed by atoms with Crippen molar-refractivity contribution >= 4 is 27.5 Å². The average Bonchev–Trinajstić information content (AvgIpc) is 2.66. The number of hydrogen-bond acceptors (Lipinski definition) is 1. The lowest BCUT2D eigenvalue weighted by Crippen LogP contribution is -2.16. The Kier molecular flexibility index (Phi) is 3.51. The first-order valence-corrected chi connectivity index (χ1v) is 6.43. The highest BCUT2D eigenvalue weighted by atomic mass is 79.9. The Morgan fingerprint density at radius 2 is 2.00 bits per heavy atom. The molecule has 1 aromatic carbocycles. The van der Waals surface area contributed by atoms with Crippen molar-refractivity contribution in [1.29, 1.82) is 0 Å². The van der Waals surface area contributed by atoms with Gasteiger partial charge in [-0.1, -0.05) is 34.1 Å². The molecule has 16 heavy (non-hydrogen) atoms. The van der Waals surface area contributed by atoms with Crippen molar-refractivity contribution in [2.75, 3.05) is 0 Å². The number of aromatic nitrogens is 2. The standard InChI is InChI=1S/C11H10BrClN2O/c12-6-10-9(7-13)11(16)15(14-10)8-4-2-1-3-5-8/h1-5,14H,6-7H2. The number of halogens is 2. The highest BCUT2D eigenvalue weighted by Crippen LogP contribution is 2.11. The van der Waals surface area contributed by atoms with E-state index in [1.54, 1.807) is 0 Å². The van der Waals surface area contributed by atoms with Crippen molar-refractivity contribution in [3.63, 3.8) is 0 Å². The predicted molar refractivity (Wildman–Crippen MR) is 68.6 cm³/mol. The smallest absolute Gasteiger partial charge is 0.275 e. The highest BCUT2D eigenvalue weighted by molar-refractivity contribution is 9.08. The summed E-state index contributed by atoms with van der Waals surface area (Å²) in [6.07, 6.45) is 0. The van der Waals surface area contributed by atoms with E-state index in [1.165, 1.54) is 4.68 Å². The van der Waals surface area contributed by atoms with Crippen molar-refractivity contribution in [2.24, 2.45) is 0 Å². The molecular weight excluding hydrogens is 291 g/mol. The third-order valence-electron chi connectivity index (χ3n) is 2.35. The van der Waals surface area contributed by atoms with Crippen LogP contribution in [0.15, 0.2) is 35.1 Å². The summed E-state index contributed by atoms with van der Waals surface area (Å²) in [4.78, 5) is 12.0. The van der Waals surface area contributed by atoms with Gasteiger partial charge in [-0.3, -0.25) is 9.89 Å². The largest absolute Gasteiger partial charge is 0.294 e. The van der Waals surface area contributed by atoms with Crippen LogP contribution in [0.2, 0.25) is 0 Å². The lowest BCUT2D eigenvalue weighted by Gasteiger charge is -1.99. The second kappa shape index (κ2) is 4.89. The van der Waals surface area contributed by atoms with E-state index in [2.05, 4.69) is 21.0 Å². The maximum absolute atomic E-state index is 12.0. The van der Waals surface area contributed by atoms with Crippen LogP contribution in [0.5, 0.6) is 0 Å². The van der Waals surface area contributed by atoms with Gasteiger partial charge >= 0.3 is 0 Å². The molecule has 0 aliphatic carbocycles. The van der Waals surface area contributed by atoms with Crippen molar-refractivity contribution < 1.29 is 0 Å². The van der Waals surface area contributed by atoms with Crippen LogP contribution >= 0.6 is 27.5 Å². The Morgan fingerprint density at radius 1 is 1.31 bits per heavy atom. The number of benzene rings is 1. The SMILES string of the molecule is O=c1c(CCl)c(CBr)[nH]n1-c1ccccc1. The van der Waals surface area contributed by atoms with Crippen LogP contribution in [0, 0.1) is 0 Å². The maximum Gasteiger partial charge on any atom is 0.275 e. The first-order valence-electron chi connectivity index (χ1n) is 4.78. The number of aromatic amines is 1. The van der Waals surface area contributed by atoms with E-state index in [0.717, 1.165) is 11.4 Å². The molecule has 84 valence electrons. The summed E-state index contributed by atoms with van der Waals surface area (Å²) in [6, 6.07) is 9.42. The predicted octanol–water partition coefficient (Wildman–Crippen LogP) is 2.80. The molecule has 0 unspecified atom stereocenters. The Balaban J connectivity index is 2.59. The van der Waals surface area contributed by atoms with Crippen LogP contribution in [0.4, 0.5) is 0 Å². The molecule has 0 atom stereocenters. The van der Waals surface area contributed by atoms with E-state index in [-0.39, 0.29) is 11.4 Å². The summed E-state index contributed by atoms with van der Waals surface area (Å²) in [5.41, 5.74) is 2.16. The quantitative estimate of drug-likeness (QED) is 0.870. The van der Waals surface area contributed by atoms with Crippen molar-refractivity contribution in [3.05, 3.63) is 51.9 Å². The molecule has 1 aromatic heterocycles. The topological polar surface area (TPSA) is 37.8 Å². The van der Waals surface area contributed by atoms with E-state index in [4.69, 9.17) is 11.6 Å². The van der Waals surface area contributed by atoms with E-state index >= 15 is 0 Å². The minimum atomic E-state index is -0.0874. The van der Waals surface area contributed by atoms with Gasteiger partial charge in [0.15, 0.2) is 0 Å².